The lowest BCUT2D eigenvalue weighted by atomic mass is 9.75. The minimum Gasteiger partial charge on any atom is -0.297 e. The zero-order chi connectivity index (χ0) is 13.2. The molecule has 18 heavy (non-hydrogen) atoms. The molecule has 1 aromatic carbocycles. The number of nitriles is 1. The SMILES string of the molecule is Cc1ccccc1C(C#N)C(=O)C1(C)CCCC1. The van der Waals surface area contributed by atoms with Crippen LogP contribution in [0.3, 0.4) is 0 Å². The normalized spacial score (nSPS) is 19.2. The summed E-state index contributed by atoms with van der Waals surface area (Å²) in [6, 6.07) is 9.92. The minimum absolute atomic E-state index is 0.108. The van der Waals surface area contributed by atoms with Gasteiger partial charge in [0.2, 0.25) is 0 Å². The molecule has 0 amide bonds. The molecule has 0 heterocycles. The Morgan fingerprint density at radius 3 is 2.50 bits per heavy atom. The monoisotopic (exact) mass is 241 g/mol. The smallest absolute Gasteiger partial charge is 0.160 e. The Morgan fingerprint density at radius 2 is 1.94 bits per heavy atom. The van der Waals surface area contributed by atoms with Gasteiger partial charge in [-0.2, -0.15) is 5.26 Å². The number of hydrogen-bond acceptors (Lipinski definition) is 2. The van der Waals surface area contributed by atoms with Crippen LogP contribution in [0.1, 0.15) is 49.7 Å². The number of rotatable bonds is 3. The predicted molar refractivity (Wildman–Crippen MR) is 71.1 cm³/mol. The quantitative estimate of drug-likeness (QED) is 0.808. The summed E-state index contributed by atoms with van der Waals surface area (Å²) in [6.07, 6.45) is 4.06. The molecule has 2 heteroatoms. The number of nitrogens with zero attached hydrogens (tertiary/aromatic N) is 1. The Labute approximate surface area is 109 Å². The number of benzene rings is 1. The molecule has 1 saturated carbocycles. The molecule has 0 N–H and O–H groups in total. The summed E-state index contributed by atoms with van der Waals surface area (Å²) in [4.78, 5) is 12.6. The summed E-state index contributed by atoms with van der Waals surface area (Å²) < 4.78 is 0. The van der Waals surface area contributed by atoms with E-state index in [2.05, 4.69) is 6.07 Å². The standard InChI is InChI=1S/C16H19NO/c1-12-7-3-4-8-13(12)14(11-17)15(18)16(2)9-5-6-10-16/h3-4,7-8,14H,5-6,9-10H2,1-2H3. The largest absolute Gasteiger partial charge is 0.297 e. The predicted octanol–water partition coefficient (Wildman–Crippen LogP) is 3.75. The van der Waals surface area contributed by atoms with Crippen LogP contribution in [-0.2, 0) is 4.79 Å². The average molecular weight is 241 g/mol. The minimum atomic E-state index is -0.603. The van der Waals surface area contributed by atoms with Crippen LogP contribution in [0.15, 0.2) is 24.3 Å². The van der Waals surface area contributed by atoms with Crippen molar-refractivity contribution >= 4 is 5.78 Å². The zero-order valence-corrected chi connectivity index (χ0v) is 11.1. The van der Waals surface area contributed by atoms with Crippen LogP contribution in [0.2, 0.25) is 0 Å². The molecule has 0 radical (unpaired) electrons. The summed E-state index contributed by atoms with van der Waals surface area (Å²) in [7, 11) is 0. The first-order valence-electron chi connectivity index (χ1n) is 6.58. The molecule has 0 spiro atoms. The molecule has 1 aliphatic carbocycles. The van der Waals surface area contributed by atoms with E-state index in [1.807, 2.05) is 38.1 Å². The van der Waals surface area contributed by atoms with Crippen molar-refractivity contribution in [3.8, 4) is 6.07 Å². The molecule has 0 saturated heterocycles. The molecule has 1 atom stereocenters. The average Bonchev–Trinajstić information content (AvgIpc) is 2.81. The Bertz CT molecular complexity index is 492. The van der Waals surface area contributed by atoms with E-state index in [0.717, 1.165) is 36.8 Å². The Kier molecular flexibility index (Phi) is 3.52. The maximum Gasteiger partial charge on any atom is 0.160 e. The van der Waals surface area contributed by atoms with E-state index in [-0.39, 0.29) is 11.2 Å². The van der Waals surface area contributed by atoms with E-state index < -0.39 is 5.92 Å². The number of Topliss-reactive ketones (excluding diaryl/α,β-unsaturated/α-hetero) is 1. The van der Waals surface area contributed by atoms with E-state index in [9.17, 15) is 10.1 Å². The topological polar surface area (TPSA) is 40.9 Å². The van der Waals surface area contributed by atoms with E-state index >= 15 is 0 Å². The van der Waals surface area contributed by atoms with Crippen molar-refractivity contribution in [2.45, 2.75) is 45.4 Å². The highest BCUT2D eigenvalue weighted by Gasteiger charge is 2.40. The van der Waals surface area contributed by atoms with Crippen molar-refractivity contribution in [3.63, 3.8) is 0 Å². The van der Waals surface area contributed by atoms with E-state index in [1.165, 1.54) is 0 Å². The van der Waals surface area contributed by atoms with Crippen LogP contribution in [0, 0.1) is 23.7 Å². The molecular weight excluding hydrogens is 222 g/mol. The molecule has 1 unspecified atom stereocenters. The molecule has 2 rings (SSSR count). The van der Waals surface area contributed by atoms with Crippen molar-refractivity contribution in [3.05, 3.63) is 35.4 Å². The van der Waals surface area contributed by atoms with E-state index in [1.54, 1.807) is 0 Å². The number of aryl methyl sites for hydroxylation is 1. The van der Waals surface area contributed by atoms with Gasteiger partial charge in [0.15, 0.2) is 5.78 Å². The van der Waals surface area contributed by atoms with Crippen LogP contribution < -0.4 is 0 Å². The van der Waals surface area contributed by atoms with Crippen molar-refractivity contribution < 1.29 is 4.79 Å². The Hall–Kier alpha value is -1.62. The second-order valence-electron chi connectivity index (χ2n) is 5.55. The third-order valence-electron chi connectivity index (χ3n) is 4.19. The molecule has 0 aliphatic heterocycles. The third kappa shape index (κ3) is 2.18. The van der Waals surface area contributed by atoms with Crippen molar-refractivity contribution in [2.24, 2.45) is 5.41 Å². The fourth-order valence-corrected chi connectivity index (χ4v) is 2.93. The van der Waals surface area contributed by atoms with Gasteiger partial charge in [-0.05, 0) is 30.9 Å². The first kappa shape index (κ1) is 12.8. The van der Waals surface area contributed by atoms with Gasteiger partial charge in [-0.15, -0.1) is 0 Å². The van der Waals surface area contributed by atoms with Crippen molar-refractivity contribution in [1.82, 2.24) is 0 Å². The van der Waals surface area contributed by atoms with Gasteiger partial charge in [0.05, 0.1) is 6.07 Å². The van der Waals surface area contributed by atoms with Gasteiger partial charge in [-0.1, -0.05) is 44.0 Å². The highest BCUT2D eigenvalue weighted by molar-refractivity contribution is 5.93. The summed E-state index contributed by atoms with van der Waals surface area (Å²) in [5.41, 5.74) is 1.61. The summed E-state index contributed by atoms with van der Waals surface area (Å²) in [6.45, 7) is 3.98. The summed E-state index contributed by atoms with van der Waals surface area (Å²) in [5, 5.41) is 9.38. The maximum absolute atomic E-state index is 12.6. The van der Waals surface area contributed by atoms with Gasteiger partial charge in [0.1, 0.15) is 5.92 Å². The second-order valence-corrected chi connectivity index (χ2v) is 5.55. The highest BCUT2D eigenvalue weighted by Crippen LogP contribution is 2.42. The molecule has 1 aliphatic rings. The van der Waals surface area contributed by atoms with Crippen LogP contribution in [-0.4, -0.2) is 5.78 Å². The number of hydrogen-bond donors (Lipinski definition) is 0. The van der Waals surface area contributed by atoms with Gasteiger partial charge in [-0.3, -0.25) is 4.79 Å². The number of carbonyl (C=O) groups excluding carboxylic acids is 1. The molecule has 2 nitrogen and oxygen atoms in total. The fourth-order valence-electron chi connectivity index (χ4n) is 2.93. The van der Waals surface area contributed by atoms with Crippen molar-refractivity contribution in [1.29, 1.82) is 5.26 Å². The Morgan fingerprint density at radius 1 is 1.33 bits per heavy atom. The molecule has 1 aromatic rings. The van der Waals surface area contributed by atoms with E-state index in [0.29, 0.717) is 0 Å². The zero-order valence-electron chi connectivity index (χ0n) is 11.1. The lowest BCUT2D eigenvalue weighted by Gasteiger charge is -2.25. The van der Waals surface area contributed by atoms with Crippen LogP contribution in [0.5, 0.6) is 0 Å². The van der Waals surface area contributed by atoms with E-state index in [4.69, 9.17) is 0 Å². The first-order chi connectivity index (χ1) is 8.58. The lowest BCUT2D eigenvalue weighted by molar-refractivity contribution is -0.128. The van der Waals surface area contributed by atoms with Gasteiger partial charge < -0.3 is 0 Å². The molecule has 0 bridgehead atoms. The maximum atomic E-state index is 12.6. The molecule has 0 aromatic heterocycles. The molecule has 94 valence electrons. The van der Waals surface area contributed by atoms with Crippen molar-refractivity contribution in [2.75, 3.05) is 0 Å². The van der Waals surface area contributed by atoms with Crippen LogP contribution in [0.25, 0.3) is 0 Å². The molecule has 1 fully saturated rings. The van der Waals surface area contributed by atoms with Crippen LogP contribution >= 0.6 is 0 Å². The summed E-state index contributed by atoms with van der Waals surface area (Å²) >= 11 is 0. The summed E-state index contributed by atoms with van der Waals surface area (Å²) in [5.74, 6) is -0.494. The number of ketones is 1. The Balaban J connectivity index is 2.33. The lowest BCUT2D eigenvalue weighted by Crippen LogP contribution is -2.29. The van der Waals surface area contributed by atoms with Gasteiger partial charge in [-0.25, -0.2) is 0 Å². The number of carbonyl (C=O) groups is 1. The van der Waals surface area contributed by atoms with Crippen LogP contribution in [0.4, 0.5) is 0 Å². The fraction of sp³-hybridized carbons (Fsp3) is 0.500. The first-order valence-corrected chi connectivity index (χ1v) is 6.58. The second kappa shape index (κ2) is 4.94. The van der Waals surface area contributed by atoms with Gasteiger partial charge in [0.25, 0.3) is 0 Å². The molecular formula is C16H19NO. The van der Waals surface area contributed by atoms with Gasteiger partial charge >= 0.3 is 0 Å². The third-order valence-corrected chi connectivity index (χ3v) is 4.19. The highest BCUT2D eigenvalue weighted by atomic mass is 16.1. The van der Waals surface area contributed by atoms with Gasteiger partial charge in [0, 0.05) is 5.41 Å².